The Labute approximate surface area is 184 Å². The lowest BCUT2D eigenvalue weighted by atomic mass is 10.1. The predicted molar refractivity (Wildman–Crippen MR) is 126 cm³/mol. The standard InChI is InChI=1S/C23H31N3OS2/c1-18-15-26(16-19(2)27-18)17-21-10-8-20(9-11-21)14-25-23(28)24-12-13-29-22-6-4-3-5-7-22/h3-11,18-19H,12-17H2,1-2H3,(H2,24,25,28). The maximum atomic E-state index is 5.82. The van der Waals surface area contributed by atoms with Gasteiger partial charge in [0.25, 0.3) is 0 Å². The van der Waals surface area contributed by atoms with Crippen LogP contribution in [-0.4, -0.2) is 47.6 Å². The van der Waals surface area contributed by atoms with Gasteiger partial charge in [-0.3, -0.25) is 4.90 Å². The lowest BCUT2D eigenvalue weighted by molar-refractivity contribution is -0.0704. The topological polar surface area (TPSA) is 36.5 Å². The molecule has 0 amide bonds. The van der Waals surface area contributed by atoms with E-state index in [1.165, 1.54) is 16.0 Å². The summed E-state index contributed by atoms with van der Waals surface area (Å²) >= 11 is 7.22. The number of nitrogens with one attached hydrogen (secondary N) is 2. The highest BCUT2D eigenvalue weighted by molar-refractivity contribution is 7.99. The highest BCUT2D eigenvalue weighted by Crippen LogP contribution is 2.16. The van der Waals surface area contributed by atoms with E-state index in [1.807, 2.05) is 17.8 Å². The van der Waals surface area contributed by atoms with Gasteiger partial charge in [0, 0.05) is 43.4 Å². The first-order valence-corrected chi connectivity index (χ1v) is 11.6. The zero-order valence-electron chi connectivity index (χ0n) is 17.3. The van der Waals surface area contributed by atoms with Crippen molar-refractivity contribution in [2.75, 3.05) is 25.4 Å². The smallest absolute Gasteiger partial charge is 0.166 e. The van der Waals surface area contributed by atoms with E-state index in [2.05, 4.69) is 77.9 Å². The molecular weight excluding hydrogens is 398 g/mol. The number of morpholine rings is 1. The zero-order chi connectivity index (χ0) is 20.5. The van der Waals surface area contributed by atoms with Crippen LogP contribution in [-0.2, 0) is 17.8 Å². The van der Waals surface area contributed by atoms with E-state index in [0.29, 0.717) is 17.3 Å². The average Bonchev–Trinajstić information content (AvgIpc) is 2.71. The quantitative estimate of drug-likeness (QED) is 0.375. The summed E-state index contributed by atoms with van der Waals surface area (Å²) in [6.45, 7) is 8.85. The van der Waals surface area contributed by atoms with Crippen LogP contribution in [0.2, 0.25) is 0 Å². The van der Waals surface area contributed by atoms with Gasteiger partial charge in [-0.05, 0) is 49.3 Å². The summed E-state index contributed by atoms with van der Waals surface area (Å²) in [6.07, 6.45) is 0.614. The van der Waals surface area contributed by atoms with Gasteiger partial charge in [-0.1, -0.05) is 42.5 Å². The van der Waals surface area contributed by atoms with Crippen molar-refractivity contribution in [3.05, 3.63) is 65.7 Å². The normalized spacial score (nSPS) is 19.7. The summed E-state index contributed by atoms with van der Waals surface area (Å²) < 4.78 is 5.82. The van der Waals surface area contributed by atoms with Gasteiger partial charge in [-0.15, -0.1) is 11.8 Å². The van der Waals surface area contributed by atoms with Gasteiger partial charge in [0.2, 0.25) is 0 Å². The van der Waals surface area contributed by atoms with Crippen molar-refractivity contribution in [3.63, 3.8) is 0 Å². The molecule has 2 aromatic rings. The molecule has 156 valence electrons. The van der Waals surface area contributed by atoms with Gasteiger partial charge in [0.1, 0.15) is 0 Å². The third-order valence-electron chi connectivity index (χ3n) is 4.78. The highest BCUT2D eigenvalue weighted by Gasteiger charge is 2.21. The number of rotatable bonds is 8. The van der Waals surface area contributed by atoms with Crippen molar-refractivity contribution in [2.24, 2.45) is 0 Å². The summed E-state index contributed by atoms with van der Waals surface area (Å²) in [7, 11) is 0. The molecular formula is C23H31N3OS2. The van der Waals surface area contributed by atoms with Gasteiger partial charge >= 0.3 is 0 Å². The minimum atomic E-state index is 0.307. The van der Waals surface area contributed by atoms with E-state index < -0.39 is 0 Å². The molecule has 6 heteroatoms. The Morgan fingerprint density at radius 1 is 1.00 bits per heavy atom. The second-order valence-corrected chi connectivity index (χ2v) is 9.12. The van der Waals surface area contributed by atoms with Crippen LogP contribution in [0.4, 0.5) is 0 Å². The molecule has 2 N–H and O–H groups in total. The zero-order valence-corrected chi connectivity index (χ0v) is 18.9. The Hall–Kier alpha value is -1.60. The van der Waals surface area contributed by atoms with Crippen LogP contribution in [0.1, 0.15) is 25.0 Å². The Balaban J connectivity index is 1.33. The number of hydrogen-bond acceptors (Lipinski definition) is 4. The summed E-state index contributed by atoms with van der Waals surface area (Å²) in [4.78, 5) is 3.76. The van der Waals surface area contributed by atoms with E-state index in [0.717, 1.165) is 38.5 Å². The number of thiocarbonyl (C=S) groups is 1. The summed E-state index contributed by atoms with van der Waals surface area (Å²) in [5.74, 6) is 0.985. The first-order valence-electron chi connectivity index (χ1n) is 10.2. The van der Waals surface area contributed by atoms with Crippen LogP contribution in [0.5, 0.6) is 0 Å². The van der Waals surface area contributed by atoms with Crippen LogP contribution in [0.15, 0.2) is 59.5 Å². The summed E-state index contributed by atoms with van der Waals surface area (Å²) in [6, 6.07) is 19.2. The fraction of sp³-hybridized carbons (Fsp3) is 0.435. The molecule has 3 rings (SSSR count). The van der Waals surface area contributed by atoms with Crippen molar-refractivity contribution in [1.82, 2.24) is 15.5 Å². The van der Waals surface area contributed by atoms with E-state index in [9.17, 15) is 0 Å². The van der Waals surface area contributed by atoms with Crippen LogP contribution in [0.25, 0.3) is 0 Å². The maximum Gasteiger partial charge on any atom is 0.166 e. The van der Waals surface area contributed by atoms with E-state index in [1.54, 1.807) is 0 Å². The summed E-state index contributed by atoms with van der Waals surface area (Å²) in [5, 5.41) is 7.28. The molecule has 0 aromatic heterocycles. The molecule has 1 aliphatic rings. The fourth-order valence-corrected chi connectivity index (χ4v) is 4.49. The molecule has 0 spiro atoms. The number of benzene rings is 2. The third-order valence-corrected chi connectivity index (χ3v) is 6.08. The largest absolute Gasteiger partial charge is 0.373 e. The number of thioether (sulfide) groups is 1. The molecule has 29 heavy (non-hydrogen) atoms. The van der Waals surface area contributed by atoms with Gasteiger partial charge in [0.15, 0.2) is 5.11 Å². The van der Waals surface area contributed by atoms with E-state index in [4.69, 9.17) is 17.0 Å². The van der Waals surface area contributed by atoms with Gasteiger partial charge in [0.05, 0.1) is 12.2 Å². The lowest BCUT2D eigenvalue weighted by Gasteiger charge is -2.35. The molecule has 1 heterocycles. The molecule has 1 aliphatic heterocycles. The van der Waals surface area contributed by atoms with Gasteiger partial charge < -0.3 is 15.4 Å². The molecule has 0 bridgehead atoms. The Kier molecular flexibility index (Phi) is 8.80. The monoisotopic (exact) mass is 429 g/mol. The Morgan fingerprint density at radius 2 is 1.66 bits per heavy atom. The number of ether oxygens (including phenoxy) is 1. The molecule has 0 radical (unpaired) electrons. The molecule has 1 saturated heterocycles. The van der Waals surface area contributed by atoms with Gasteiger partial charge in [-0.25, -0.2) is 0 Å². The average molecular weight is 430 g/mol. The minimum Gasteiger partial charge on any atom is -0.373 e. The van der Waals surface area contributed by atoms with Crippen LogP contribution in [0, 0.1) is 0 Å². The SMILES string of the molecule is CC1CN(Cc2ccc(CNC(=S)NCCSc3ccccc3)cc2)CC(C)O1. The summed E-state index contributed by atoms with van der Waals surface area (Å²) in [5.41, 5.74) is 2.58. The molecule has 2 aromatic carbocycles. The van der Waals surface area contributed by atoms with Gasteiger partial charge in [-0.2, -0.15) is 0 Å². The van der Waals surface area contributed by atoms with Crippen LogP contribution < -0.4 is 10.6 Å². The molecule has 1 fully saturated rings. The molecule has 2 atom stereocenters. The lowest BCUT2D eigenvalue weighted by Crippen LogP contribution is -2.44. The van der Waals surface area contributed by atoms with Crippen molar-refractivity contribution in [1.29, 1.82) is 0 Å². The second-order valence-electron chi connectivity index (χ2n) is 7.54. The Bertz CT molecular complexity index is 744. The first kappa shape index (κ1) is 22.1. The highest BCUT2D eigenvalue weighted by atomic mass is 32.2. The minimum absolute atomic E-state index is 0.307. The van der Waals surface area contributed by atoms with E-state index >= 15 is 0 Å². The fourth-order valence-electron chi connectivity index (χ4n) is 3.53. The number of nitrogens with zero attached hydrogens (tertiary/aromatic N) is 1. The van der Waals surface area contributed by atoms with Crippen molar-refractivity contribution >= 4 is 29.1 Å². The molecule has 2 unspecified atom stereocenters. The number of hydrogen-bond donors (Lipinski definition) is 2. The molecule has 0 aliphatic carbocycles. The van der Waals surface area contributed by atoms with Crippen LogP contribution in [0.3, 0.4) is 0 Å². The predicted octanol–water partition coefficient (Wildman–Crippen LogP) is 4.05. The molecule has 4 nitrogen and oxygen atoms in total. The van der Waals surface area contributed by atoms with Crippen molar-refractivity contribution in [3.8, 4) is 0 Å². The first-order chi connectivity index (χ1) is 14.1. The van der Waals surface area contributed by atoms with Crippen molar-refractivity contribution < 1.29 is 4.74 Å². The van der Waals surface area contributed by atoms with Crippen molar-refractivity contribution in [2.45, 2.75) is 44.0 Å². The second kappa shape index (κ2) is 11.6. The maximum absolute atomic E-state index is 5.82. The third kappa shape index (κ3) is 7.97. The van der Waals surface area contributed by atoms with Crippen LogP contribution >= 0.6 is 24.0 Å². The Morgan fingerprint density at radius 3 is 2.34 bits per heavy atom. The molecule has 0 saturated carbocycles. The van der Waals surface area contributed by atoms with E-state index in [-0.39, 0.29) is 0 Å².